The van der Waals surface area contributed by atoms with E-state index in [0.717, 1.165) is 0 Å². The van der Waals surface area contributed by atoms with Gasteiger partial charge in [0.1, 0.15) is 0 Å². The standard InChI is InChI=1S/C10H15.C6H5.C5H5.Ti/c1-6-7(2)9(4)10(5)8(6)3;1-2-4-6-5-3-1;1-2-4-5-3-1;/h1-5H3;1-5H;1-5H;/q3*-1;+3. The van der Waals surface area contributed by atoms with Gasteiger partial charge in [-0.2, -0.15) is 82.4 Å². The molecule has 3 aromatic carbocycles. The van der Waals surface area contributed by atoms with Crippen molar-refractivity contribution in [1.82, 2.24) is 0 Å². The predicted octanol–water partition coefficient (Wildman–Crippen LogP) is 5.84. The van der Waals surface area contributed by atoms with Gasteiger partial charge in [-0.3, -0.25) is 0 Å². The molecular formula is C21H25Ti. The van der Waals surface area contributed by atoms with Crippen molar-refractivity contribution in [2.45, 2.75) is 34.6 Å². The monoisotopic (exact) mass is 325 g/mol. The molecule has 0 saturated carbocycles. The van der Waals surface area contributed by atoms with Gasteiger partial charge < -0.3 is 0 Å². The molecule has 0 bridgehead atoms. The smallest absolute Gasteiger partial charge is 0.214 e. The maximum absolute atomic E-state index is 2.89. The van der Waals surface area contributed by atoms with E-state index in [2.05, 4.69) is 40.7 Å². The second kappa shape index (κ2) is 11.2. The first-order valence-electron chi connectivity index (χ1n) is 7.33. The third-order valence-corrected chi connectivity index (χ3v) is 3.98. The van der Waals surface area contributed by atoms with Gasteiger partial charge in [-0.1, -0.05) is 34.6 Å². The number of hydrogen-bond acceptors (Lipinski definition) is 0. The molecule has 0 fully saturated rings. The van der Waals surface area contributed by atoms with Crippen molar-refractivity contribution in [2.75, 3.05) is 0 Å². The summed E-state index contributed by atoms with van der Waals surface area (Å²) in [7, 11) is 0. The average molecular weight is 325 g/mol. The minimum atomic E-state index is 0. The normalized spacial score (nSPS) is 8.77. The summed E-state index contributed by atoms with van der Waals surface area (Å²) < 4.78 is 0. The number of rotatable bonds is 0. The van der Waals surface area contributed by atoms with E-state index in [9.17, 15) is 0 Å². The van der Waals surface area contributed by atoms with Gasteiger partial charge in [-0.25, -0.2) is 12.1 Å². The molecule has 3 aromatic rings. The van der Waals surface area contributed by atoms with Crippen LogP contribution in [0.15, 0.2) is 60.7 Å². The van der Waals surface area contributed by atoms with E-state index < -0.39 is 0 Å². The molecule has 0 aliphatic rings. The summed E-state index contributed by atoms with van der Waals surface area (Å²) in [5, 5.41) is 0. The molecule has 3 rings (SSSR count). The minimum absolute atomic E-state index is 0. The summed E-state index contributed by atoms with van der Waals surface area (Å²) in [5.74, 6) is 0. The quantitative estimate of drug-likeness (QED) is 0.360. The van der Waals surface area contributed by atoms with Crippen molar-refractivity contribution >= 4 is 0 Å². The van der Waals surface area contributed by atoms with Crippen LogP contribution in [0.1, 0.15) is 27.8 Å². The van der Waals surface area contributed by atoms with Crippen molar-refractivity contribution in [1.29, 1.82) is 0 Å². The molecule has 0 saturated heterocycles. The van der Waals surface area contributed by atoms with Gasteiger partial charge >= 0.3 is 21.7 Å². The van der Waals surface area contributed by atoms with E-state index >= 15 is 0 Å². The Morgan fingerprint density at radius 2 is 1.23 bits per heavy atom. The molecule has 0 spiro atoms. The van der Waals surface area contributed by atoms with Crippen LogP contribution in [-0.2, 0) is 21.7 Å². The fourth-order valence-electron chi connectivity index (χ4n) is 2.07. The summed E-state index contributed by atoms with van der Waals surface area (Å²) in [5.41, 5.74) is 7.34. The predicted molar refractivity (Wildman–Crippen MR) is 93.0 cm³/mol. The third-order valence-electron chi connectivity index (χ3n) is 3.98. The molecule has 0 atom stereocenters. The first-order chi connectivity index (χ1) is 10.1. The summed E-state index contributed by atoms with van der Waals surface area (Å²) in [6.45, 7) is 11.0. The third kappa shape index (κ3) is 6.60. The van der Waals surface area contributed by atoms with Crippen LogP contribution in [-0.4, -0.2) is 0 Å². The van der Waals surface area contributed by atoms with Crippen LogP contribution < -0.4 is 0 Å². The first kappa shape index (κ1) is 20.6. The Balaban J connectivity index is 0.000000316. The van der Waals surface area contributed by atoms with Crippen molar-refractivity contribution in [3.05, 3.63) is 94.5 Å². The fraction of sp³-hybridized carbons (Fsp3) is 0.238. The Morgan fingerprint density at radius 1 is 0.773 bits per heavy atom. The van der Waals surface area contributed by atoms with Crippen LogP contribution in [0, 0.1) is 40.7 Å². The Labute approximate surface area is 150 Å². The SMILES string of the molecule is Cc1c(C)c(C)[c-](C)c1C.[Ti+3].[c-]1ccccc1.c1cc[cH-]c1. The number of benzene rings is 1. The molecule has 0 aromatic heterocycles. The van der Waals surface area contributed by atoms with Gasteiger partial charge in [0, 0.05) is 0 Å². The maximum Gasteiger partial charge on any atom is 3.00 e. The summed E-state index contributed by atoms with van der Waals surface area (Å²) in [4.78, 5) is 0. The van der Waals surface area contributed by atoms with Crippen molar-refractivity contribution in [2.24, 2.45) is 0 Å². The summed E-state index contributed by atoms with van der Waals surface area (Å²) in [6, 6.07) is 22.5. The van der Waals surface area contributed by atoms with Gasteiger partial charge in [-0.15, -0.1) is 0 Å². The molecule has 0 nitrogen and oxygen atoms in total. The van der Waals surface area contributed by atoms with Crippen LogP contribution >= 0.6 is 0 Å². The van der Waals surface area contributed by atoms with Gasteiger partial charge in [0.15, 0.2) is 0 Å². The van der Waals surface area contributed by atoms with Crippen LogP contribution in [0.2, 0.25) is 0 Å². The second-order valence-corrected chi connectivity index (χ2v) is 5.16. The molecule has 0 amide bonds. The van der Waals surface area contributed by atoms with Crippen LogP contribution in [0.5, 0.6) is 0 Å². The number of hydrogen-bond donors (Lipinski definition) is 0. The molecule has 1 heteroatoms. The molecule has 1 radical (unpaired) electrons. The molecule has 0 aliphatic carbocycles. The molecule has 0 unspecified atom stereocenters. The zero-order chi connectivity index (χ0) is 15.7. The zero-order valence-corrected chi connectivity index (χ0v) is 15.8. The maximum atomic E-state index is 2.89. The Kier molecular flexibility index (Phi) is 10.5. The van der Waals surface area contributed by atoms with Crippen molar-refractivity contribution in [3.8, 4) is 0 Å². The largest absolute Gasteiger partial charge is 3.00 e. The molecule has 0 N–H and O–H groups in total. The zero-order valence-electron chi connectivity index (χ0n) is 14.3. The van der Waals surface area contributed by atoms with Crippen molar-refractivity contribution < 1.29 is 21.7 Å². The fourth-order valence-corrected chi connectivity index (χ4v) is 2.07. The van der Waals surface area contributed by atoms with Gasteiger partial charge in [-0.05, 0) is 0 Å². The van der Waals surface area contributed by atoms with Crippen LogP contribution in [0.4, 0.5) is 0 Å². The van der Waals surface area contributed by atoms with Gasteiger partial charge in [0.2, 0.25) is 0 Å². The van der Waals surface area contributed by atoms with Crippen LogP contribution in [0.3, 0.4) is 0 Å². The molecular weight excluding hydrogens is 300 g/mol. The van der Waals surface area contributed by atoms with Gasteiger partial charge in [0.05, 0.1) is 0 Å². The van der Waals surface area contributed by atoms with E-state index in [0.29, 0.717) is 0 Å². The van der Waals surface area contributed by atoms with E-state index in [-0.39, 0.29) is 21.7 Å². The van der Waals surface area contributed by atoms with Crippen LogP contribution in [0.25, 0.3) is 0 Å². The Morgan fingerprint density at radius 3 is 1.36 bits per heavy atom. The molecule has 22 heavy (non-hydrogen) atoms. The molecule has 0 heterocycles. The van der Waals surface area contributed by atoms with Gasteiger partial charge in [0.25, 0.3) is 0 Å². The first-order valence-corrected chi connectivity index (χ1v) is 7.33. The Hall–Kier alpha value is -1.37. The topological polar surface area (TPSA) is 0 Å². The molecule has 113 valence electrons. The minimum Gasteiger partial charge on any atom is -0.214 e. The van der Waals surface area contributed by atoms with E-state index in [1.54, 1.807) is 0 Å². The van der Waals surface area contributed by atoms with E-state index in [1.807, 2.05) is 60.7 Å². The average Bonchev–Trinajstić information content (AvgIpc) is 3.17. The van der Waals surface area contributed by atoms with E-state index in [1.165, 1.54) is 27.8 Å². The van der Waals surface area contributed by atoms with Crippen molar-refractivity contribution in [3.63, 3.8) is 0 Å². The summed E-state index contributed by atoms with van der Waals surface area (Å²) in [6.07, 6.45) is 0. The summed E-state index contributed by atoms with van der Waals surface area (Å²) >= 11 is 0. The van der Waals surface area contributed by atoms with E-state index in [4.69, 9.17) is 0 Å². The second-order valence-electron chi connectivity index (χ2n) is 5.16. The Bertz CT molecular complexity index is 477. The molecule has 0 aliphatic heterocycles.